The number of H-pyrrole nitrogens is 2. The predicted molar refractivity (Wildman–Crippen MR) is 60.8 cm³/mol. The molecule has 0 aliphatic carbocycles. The molecular weight excluding hydrogens is 263 g/mol. The average molecular weight is 271 g/mol. The second-order valence-electron chi connectivity index (χ2n) is 3.70. The number of amides is 1. The summed E-state index contributed by atoms with van der Waals surface area (Å²) in [6, 6.07) is 5.20. The zero-order valence-electron chi connectivity index (χ0n) is 9.34. The largest absolute Gasteiger partial charge is 0.416 e. The summed E-state index contributed by atoms with van der Waals surface area (Å²) in [7, 11) is 0. The van der Waals surface area contributed by atoms with Gasteiger partial charge in [0.25, 0.3) is 11.5 Å². The Bertz CT molecular complexity index is 657. The van der Waals surface area contributed by atoms with Gasteiger partial charge in [0.05, 0.1) is 5.56 Å². The lowest BCUT2D eigenvalue weighted by atomic mass is 10.2. The van der Waals surface area contributed by atoms with Gasteiger partial charge in [0.1, 0.15) is 5.69 Å². The molecule has 0 spiro atoms. The van der Waals surface area contributed by atoms with Crippen LogP contribution in [0.1, 0.15) is 16.1 Å². The van der Waals surface area contributed by atoms with Crippen molar-refractivity contribution in [2.45, 2.75) is 6.18 Å². The molecule has 5 nitrogen and oxygen atoms in total. The zero-order chi connectivity index (χ0) is 14.0. The van der Waals surface area contributed by atoms with Crippen molar-refractivity contribution in [2.24, 2.45) is 0 Å². The lowest BCUT2D eigenvalue weighted by Gasteiger charge is -2.09. The van der Waals surface area contributed by atoms with Crippen LogP contribution in [-0.4, -0.2) is 16.1 Å². The van der Waals surface area contributed by atoms with Crippen molar-refractivity contribution < 1.29 is 18.0 Å². The molecule has 3 N–H and O–H groups in total. The van der Waals surface area contributed by atoms with Crippen molar-refractivity contribution in [2.75, 3.05) is 5.32 Å². The maximum absolute atomic E-state index is 12.5. The molecule has 0 unspecified atom stereocenters. The van der Waals surface area contributed by atoms with Gasteiger partial charge in [-0.2, -0.15) is 13.2 Å². The molecule has 2 aromatic rings. The molecular formula is C11H8F3N3O2. The van der Waals surface area contributed by atoms with Gasteiger partial charge in [0, 0.05) is 11.8 Å². The number of aromatic nitrogens is 2. The van der Waals surface area contributed by atoms with Gasteiger partial charge < -0.3 is 5.32 Å². The molecule has 0 saturated heterocycles. The number of benzene rings is 1. The summed E-state index contributed by atoms with van der Waals surface area (Å²) in [5, 5.41) is 6.70. The Kier molecular flexibility index (Phi) is 3.16. The summed E-state index contributed by atoms with van der Waals surface area (Å²) >= 11 is 0. The fraction of sp³-hybridized carbons (Fsp3) is 0.0909. The van der Waals surface area contributed by atoms with Crippen molar-refractivity contribution in [3.8, 4) is 0 Å². The second-order valence-corrected chi connectivity index (χ2v) is 3.70. The quantitative estimate of drug-likeness (QED) is 0.781. The number of carbonyl (C=O) groups excluding carboxylic acids is 1. The third kappa shape index (κ3) is 3.03. The van der Waals surface area contributed by atoms with Crippen LogP contribution < -0.4 is 10.9 Å². The van der Waals surface area contributed by atoms with Crippen LogP contribution in [0, 0.1) is 0 Å². The fourth-order valence-electron chi connectivity index (χ4n) is 1.43. The molecule has 0 aliphatic heterocycles. The van der Waals surface area contributed by atoms with Crippen LogP contribution in [0.4, 0.5) is 18.9 Å². The summed E-state index contributed by atoms with van der Waals surface area (Å²) in [5.41, 5.74) is -1.45. The lowest BCUT2D eigenvalue weighted by molar-refractivity contribution is -0.137. The van der Waals surface area contributed by atoms with Crippen molar-refractivity contribution >= 4 is 11.6 Å². The Morgan fingerprint density at radius 1 is 1.16 bits per heavy atom. The lowest BCUT2D eigenvalue weighted by Crippen LogP contribution is -2.13. The average Bonchev–Trinajstić information content (AvgIpc) is 2.75. The van der Waals surface area contributed by atoms with E-state index in [0.717, 1.165) is 18.2 Å². The Morgan fingerprint density at radius 2 is 1.89 bits per heavy atom. The van der Waals surface area contributed by atoms with E-state index in [4.69, 9.17) is 0 Å². The summed E-state index contributed by atoms with van der Waals surface area (Å²) in [4.78, 5) is 22.4. The van der Waals surface area contributed by atoms with Gasteiger partial charge in [-0.3, -0.25) is 19.8 Å². The van der Waals surface area contributed by atoms with E-state index in [1.807, 2.05) is 0 Å². The SMILES string of the molecule is O=C(Nc1cccc(C(F)(F)F)c1)c1cc(=O)[nH][nH]1. The minimum Gasteiger partial charge on any atom is -0.321 e. The summed E-state index contributed by atoms with van der Waals surface area (Å²) in [6.45, 7) is 0. The third-order valence-corrected chi connectivity index (χ3v) is 2.29. The Morgan fingerprint density at radius 3 is 2.47 bits per heavy atom. The highest BCUT2D eigenvalue weighted by Gasteiger charge is 2.30. The highest BCUT2D eigenvalue weighted by atomic mass is 19.4. The van der Waals surface area contributed by atoms with Gasteiger partial charge >= 0.3 is 6.18 Å². The fourth-order valence-corrected chi connectivity index (χ4v) is 1.43. The zero-order valence-corrected chi connectivity index (χ0v) is 9.34. The highest BCUT2D eigenvalue weighted by molar-refractivity contribution is 6.02. The molecule has 1 amide bonds. The molecule has 0 bridgehead atoms. The first-order chi connectivity index (χ1) is 8.86. The van der Waals surface area contributed by atoms with Crippen LogP contribution in [0.15, 0.2) is 35.1 Å². The van der Waals surface area contributed by atoms with E-state index in [1.165, 1.54) is 12.1 Å². The molecule has 0 aliphatic rings. The number of rotatable bonds is 2. The molecule has 100 valence electrons. The number of hydrogen-bond acceptors (Lipinski definition) is 2. The molecule has 2 rings (SSSR count). The number of anilines is 1. The maximum atomic E-state index is 12.5. The monoisotopic (exact) mass is 271 g/mol. The molecule has 1 aromatic carbocycles. The van der Waals surface area contributed by atoms with Crippen molar-refractivity contribution in [1.82, 2.24) is 10.2 Å². The summed E-state index contributed by atoms with van der Waals surface area (Å²) in [6.07, 6.45) is -4.48. The normalized spacial score (nSPS) is 11.3. The number of halogens is 3. The number of hydrogen-bond donors (Lipinski definition) is 3. The highest BCUT2D eigenvalue weighted by Crippen LogP contribution is 2.30. The van der Waals surface area contributed by atoms with Crippen molar-refractivity contribution in [1.29, 1.82) is 0 Å². The summed E-state index contributed by atoms with van der Waals surface area (Å²) in [5.74, 6) is -0.710. The number of nitrogens with one attached hydrogen (secondary N) is 3. The van der Waals surface area contributed by atoms with E-state index in [1.54, 1.807) is 0 Å². The minimum atomic E-state index is -4.48. The van der Waals surface area contributed by atoms with Gasteiger partial charge in [-0.15, -0.1) is 0 Å². The molecule has 0 saturated carbocycles. The Hall–Kier alpha value is -2.51. The van der Waals surface area contributed by atoms with Crippen molar-refractivity contribution in [3.63, 3.8) is 0 Å². The first-order valence-electron chi connectivity index (χ1n) is 5.12. The standard InChI is InChI=1S/C11H8F3N3O2/c12-11(13,14)6-2-1-3-7(4-6)15-10(19)8-5-9(18)17-16-8/h1-5H,(H,15,19)(H2,16,17,18). The first-order valence-corrected chi connectivity index (χ1v) is 5.12. The van der Waals surface area contributed by atoms with E-state index in [2.05, 4.69) is 15.5 Å². The Balaban J connectivity index is 2.20. The number of alkyl halides is 3. The number of carbonyl (C=O) groups is 1. The van der Waals surface area contributed by atoms with E-state index in [9.17, 15) is 22.8 Å². The van der Waals surface area contributed by atoms with Crippen LogP contribution >= 0.6 is 0 Å². The van der Waals surface area contributed by atoms with Crippen molar-refractivity contribution in [3.05, 3.63) is 51.9 Å². The topological polar surface area (TPSA) is 77.8 Å². The van der Waals surface area contributed by atoms with Gasteiger partial charge in [-0.1, -0.05) is 6.07 Å². The Labute approximate surface area is 104 Å². The van der Waals surface area contributed by atoms with Crippen LogP contribution in [0.2, 0.25) is 0 Å². The van der Waals surface area contributed by atoms with Crippen LogP contribution in [0.3, 0.4) is 0 Å². The van der Waals surface area contributed by atoms with E-state index >= 15 is 0 Å². The van der Waals surface area contributed by atoms with Crippen LogP contribution in [0.25, 0.3) is 0 Å². The van der Waals surface area contributed by atoms with E-state index < -0.39 is 23.2 Å². The van der Waals surface area contributed by atoms with Gasteiger partial charge in [-0.05, 0) is 18.2 Å². The van der Waals surface area contributed by atoms with Gasteiger partial charge in [0.15, 0.2) is 0 Å². The molecule has 1 heterocycles. The molecule has 0 fully saturated rings. The van der Waals surface area contributed by atoms with Crippen LogP contribution in [0.5, 0.6) is 0 Å². The second kappa shape index (κ2) is 4.63. The molecule has 8 heteroatoms. The smallest absolute Gasteiger partial charge is 0.321 e. The van der Waals surface area contributed by atoms with E-state index in [-0.39, 0.29) is 11.4 Å². The minimum absolute atomic E-state index is 0.0122. The molecule has 19 heavy (non-hydrogen) atoms. The predicted octanol–water partition coefficient (Wildman–Crippen LogP) is 1.97. The molecule has 1 aromatic heterocycles. The molecule has 0 atom stereocenters. The van der Waals surface area contributed by atoms with Gasteiger partial charge in [-0.25, -0.2) is 0 Å². The van der Waals surface area contributed by atoms with Crippen LogP contribution in [-0.2, 0) is 6.18 Å². The summed E-state index contributed by atoms with van der Waals surface area (Å²) < 4.78 is 37.4. The molecule has 0 radical (unpaired) electrons. The number of aromatic amines is 2. The third-order valence-electron chi connectivity index (χ3n) is 2.29. The first kappa shape index (κ1) is 12.9. The van der Waals surface area contributed by atoms with Gasteiger partial charge in [0.2, 0.25) is 0 Å². The van der Waals surface area contributed by atoms with E-state index in [0.29, 0.717) is 0 Å². The maximum Gasteiger partial charge on any atom is 0.416 e.